The van der Waals surface area contributed by atoms with Gasteiger partial charge in [-0.3, -0.25) is 9.79 Å². The largest absolute Gasteiger partial charge is 0.357 e. The van der Waals surface area contributed by atoms with Crippen LogP contribution in [0.25, 0.3) is 0 Å². The first kappa shape index (κ1) is 24.3. The van der Waals surface area contributed by atoms with Crippen LogP contribution in [-0.2, 0) is 11.2 Å². The Bertz CT molecular complexity index is 568. The van der Waals surface area contributed by atoms with E-state index in [-0.39, 0.29) is 29.9 Å². The quantitative estimate of drug-likeness (QED) is 0.248. The summed E-state index contributed by atoms with van der Waals surface area (Å²) < 4.78 is 0. The summed E-state index contributed by atoms with van der Waals surface area (Å²) in [7, 11) is 3.51. The van der Waals surface area contributed by atoms with E-state index in [9.17, 15) is 4.79 Å². The minimum atomic E-state index is 0. The van der Waals surface area contributed by atoms with E-state index in [1.807, 2.05) is 19.1 Å². The summed E-state index contributed by atoms with van der Waals surface area (Å²) >= 11 is 12.1. The highest BCUT2D eigenvalue weighted by atomic mass is 127. The van der Waals surface area contributed by atoms with Crippen molar-refractivity contribution in [3.8, 4) is 0 Å². The van der Waals surface area contributed by atoms with Crippen LogP contribution in [0.1, 0.15) is 25.3 Å². The number of rotatable bonds is 8. The molecule has 0 aliphatic rings. The molecule has 0 aliphatic carbocycles. The molecule has 2 N–H and O–H groups in total. The van der Waals surface area contributed by atoms with Gasteiger partial charge >= 0.3 is 0 Å². The number of halogens is 3. The zero-order valence-electron chi connectivity index (χ0n) is 14.9. The van der Waals surface area contributed by atoms with Gasteiger partial charge in [-0.1, -0.05) is 29.3 Å². The molecule has 5 nitrogen and oxygen atoms in total. The zero-order valence-corrected chi connectivity index (χ0v) is 18.8. The third-order valence-corrected chi connectivity index (χ3v) is 3.95. The molecule has 0 aliphatic heterocycles. The molecule has 1 aromatic rings. The number of amides is 1. The second-order valence-electron chi connectivity index (χ2n) is 5.56. The van der Waals surface area contributed by atoms with Crippen LogP contribution in [0.4, 0.5) is 0 Å². The predicted octanol–water partition coefficient (Wildman–Crippen LogP) is 3.58. The van der Waals surface area contributed by atoms with Gasteiger partial charge in [0.05, 0.1) is 0 Å². The van der Waals surface area contributed by atoms with Crippen molar-refractivity contribution < 1.29 is 4.79 Å². The first-order valence-electron chi connectivity index (χ1n) is 8.10. The van der Waals surface area contributed by atoms with Gasteiger partial charge in [0.1, 0.15) is 0 Å². The number of aliphatic imine (C=N–C) groups is 1. The van der Waals surface area contributed by atoms with Gasteiger partial charge in [0, 0.05) is 50.2 Å². The number of carbonyl (C=O) groups excluding carboxylic acids is 1. The molecule has 0 spiro atoms. The van der Waals surface area contributed by atoms with Crippen molar-refractivity contribution in [1.82, 2.24) is 15.5 Å². The fraction of sp³-hybridized carbons (Fsp3) is 0.529. The lowest BCUT2D eigenvalue weighted by Crippen LogP contribution is -2.39. The number of nitrogens with zero attached hydrogens (tertiary/aromatic N) is 2. The molecule has 0 fully saturated rings. The Morgan fingerprint density at radius 3 is 2.56 bits per heavy atom. The molecule has 8 heteroatoms. The van der Waals surface area contributed by atoms with E-state index in [1.165, 1.54) is 0 Å². The molecule has 1 amide bonds. The average Bonchev–Trinajstić information content (AvgIpc) is 2.52. The van der Waals surface area contributed by atoms with Crippen molar-refractivity contribution >= 4 is 59.0 Å². The first-order chi connectivity index (χ1) is 11.4. The molecule has 142 valence electrons. The molecule has 0 bridgehead atoms. The molecule has 0 saturated carbocycles. The normalized spacial score (nSPS) is 10.8. The van der Waals surface area contributed by atoms with Crippen LogP contribution in [0.15, 0.2) is 23.2 Å². The summed E-state index contributed by atoms with van der Waals surface area (Å²) in [6.45, 7) is 4.02. The second-order valence-corrected chi connectivity index (χ2v) is 6.41. The van der Waals surface area contributed by atoms with Crippen LogP contribution < -0.4 is 10.6 Å². The monoisotopic (exact) mass is 500 g/mol. The van der Waals surface area contributed by atoms with Gasteiger partial charge in [0.25, 0.3) is 0 Å². The number of aryl methyl sites for hydroxylation is 1. The maximum Gasteiger partial charge on any atom is 0.223 e. The van der Waals surface area contributed by atoms with E-state index in [4.69, 9.17) is 23.2 Å². The maximum atomic E-state index is 11.6. The van der Waals surface area contributed by atoms with Crippen molar-refractivity contribution in [2.45, 2.75) is 26.2 Å². The lowest BCUT2D eigenvalue weighted by molar-refractivity contribution is -0.128. The SMILES string of the molecule is CCNC(=NCCCc1ccc(Cl)cc1Cl)NCCC(=O)N(C)C.I. The Morgan fingerprint density at radius 1 is 1.24 bits per heavy atom. The third-order valence-electron chi connectivity index (χ3n) is 3.36. The van der Waals surface area contributed by atoms with Gasteiger partial charge in [-0.15, -0.1) is 24.0 Å². The molecule has 0 aromatic heterocycles. The Balaban J connectivity index is 0.00000576. The van der Waals surface area contributed by atoms with E-state index >= 15 is 0 Å². The molecule has 0 radical (unpaired) electrons. The predicted molar refractivity (Wildman–Crippen MR) is 117 cm³/mol. The highest BCUT2D eigenvalue weighted by molar-refractivity contribution is 14.0. The minimum absolute atomic E-state index is 0. The van der Waals surface area contributed by atoms with Crippen LogP contribution in [0.3, 0.4) is 0 Å². The van der Waals surface area contributed by atoms with Gasteiger partial charge in [0.15, 0.2) is 5.96 Å². The van der Waals surface area contributed by atoms with Crippen molar-refractivity contribution in [2.75, 3.05) is 33.7 Å². The van der Waals surface area contributed by atoms with Gasteiger partial charge in [0.2, 0.25) is 5.91 Å². The number of benzene rings is 1. The molecule has 1 aromatic carbocycles. The highest BCUT2D eigenvalue weighted by Crippen LogP contribution is 2.21. The smallest absolute Gasteiger partial charge is 0.223 e. The van der Waals surface area contributed by atoms with Crippen LogP contribution in [0, 0.1) is 0 Å². The topological polar surface area (TPSA) is 56.7 Å². The van der Waals surface area contributed by atoms with E-state index in [0.717, 1.165) is 30.9 Å². The van der Waals surface area contributed by atoms with Crippen molar-refractivity contribution in [2.24, 2.45) is 4.99 Å². The van der Waals surface area contributed by atoms with Crippen LogP contribution in [0.5, 0.6) is 0 Å². The Kier molecular flexibility index (Phi) is 13.1. The van der Waals surface area contributed by atoms with Gasteiger partial charge in [-0.2, -0.15) is 0 Å². The van der Waals surface area contributed by atoms with Gasteiger partial charge < -0.3 is 15.5 Å². The van der Waals surface area contributed by atoms with Crippen LogP contribution >= 0.6 is 47.2 Å². The van der Waals surface area contributed by atoms with Crippen LogP contribution in [-0.4, -0.2) is 50.5 Å². The molecule has 25 heavy (non-hydrogen) atoms. The molecular formula is C17H27Cl2IN4O. The summed E-state index contributed by atoms with van der Waals surface area (Å²) in [5.74, 6) is 0.821. The Labute approximate surface area is 177 Å². The summed E-state index contributed by atoms with van der Waals surface area (Å²) in [5.41, 5.74) is 1.07. The number of nitrogens with one attached hydrogen (secondary N) is 2. The second kappa shape index (κ2) is 13.5. The zero-order chi connectivity index (χ0) is 17.9. The summed E-state index contributed by atoms with van der Waals surface area (Å²) in [4.78, 5) is 17.7. The van der Waals surface area contributed by atoms with Gasteiger partial charge in [-0.25, -0.2) is 0 Å². The average molecular weight is 501 g/mol. The summed E-state index contributed by atoms with van der Waals surface area (Å²) in [6, 6.07) is 5.55. The maximum absolute atomic E-state index is 11.6. The molecule has 0 unspecified atom stereocenters. The number of hydrogen-bond acceptors (Lipinski definition) is 2. The van der Waals surface area contributed by atoms with E-state index in [0.29, 0.717) is 29.6 Å². The van der Waals surface area contributed by atoms with E-state index < -0.39 is 0 Å². The Morgan fingerprint density at radius 2 is 1.96 bits per heavy atom. The Hall–Kier alpha value is -0.730. The number of carbonyl (C=O) groups is 1. The number of hydrogen-bond donors (Lipinski definition) is 2. The van der Waals surface area contributed by atoms with E-state index in [2.05, 4.69) is 15.6 Å². The number of guanidine groups is 1. The fourth-order valence-electron chi connectivity index (χ4n) is 2.04. The lowest BCUT2D eigenvalue weighted by Gasteiger charge is -2.13. The summed E-state index contributed by atoms with van der Waals surface area (Å²) in [5, 5.41) is 7.68. The molecule has 1 rings (SSSR count). The highest BCUT2D eigenvalue weighted by Gasteiger charge is 2.04. The molecular weight excluding hydrogens is 474 g/mol. The van der Waals surface area contributed by atoms with E-state index in [1.54, 1.807) is 25.1 Å². The van der Waals surface area contributed by atoms with Gasteiger partial charge in [-0.05, 0) is 37.5 Å². The minimum Gasteiger partial charge on any atom is -0.357 e. The van der Waals surface area contributed by atoms with Crippen molar-refractivity contribution in [3.63, 3.8) is 0 Å². The lowest BCUT2D eigenvalue weighted by atomic mass is 10.1. The standard InChI is InChI=1S/C17H26Cl2N4O.HI/c1-4-20-17(22-11-9-16(24)23(2)3)21-10-5-6-13-7-8-14(18)12-15(13)19;/h7-8,12H,4-6,9-11H2,1-3H3,(H2,20,21,22);1H. The molecule has 0 saturated heterocycles. The molecule has 0 heterocycles. The fourth-order valence-corrected chi connectivity index (χ4v) is 2.54. The van der Waals surface area contributed by atoms with Crippen molar-refractivity contribution in [3.05, 3.63) is 33.8 Å². The van der Waals surface area contributed by atoms with Crippen LogP contribution in [0.2, 0.25) is 10.0 Å². The molecule has 0 atom stereocenters. The van der Waals surface area contributed by atoms with Crippen molar-refractivity contribution in [1.29, 1.82) is 0 Å². The summed E-state index contributed by atoms with van der Waals surface area (Å²) in [6.07, 6.45) is 2.17. The third kappa shape index (κ3) is 10.1. The first-order valence-corrected chi connectivity index (χ1v) is 8.86.